The highest BCUT2D eigenvalue weighted by Crippen LogP contribution is 2.49. The lowest BCUT2D eigenvalue weighted by atomic mass is 9.84. The van der Waals surface area contributed by atoms with E-state index in [1.807, 2.05) is 11.3 Å². The third-order valence-corrected chi connectivity index (χ3v) is 11.2. The summed E-state index contributed by atoms with van der Waals surface area (Å²) in [5.74, 6) is 0. The van der Waals surface area contributed by atoms with Gasteiger partial charge in [0.2, 0.25) is 0 Å². The van der Waals surface area contributed by atoms with Crippen LogP contribution in [0.5, 0.6) is 0 Å². The summed E-state index contributed by atoms with van der Waals surface area (Å²) in [6, 6.07) is 67.0. The monoisotopic (exact) mass is 638 g/mol. The summed E-state index contributed by atoms with van der Waals surface area (Å²) in [4.78, 5) is 0. The Morgan fingerprint density at radius 1 is 0.286 bits per heavy atom. The number of hydrogen-bond donors (Lipinski definition) is 0. The van der Waals surface area contributed by atoms with Gasteiger partial charge in [0.05, 0.1) is 0 Å². The molecular weight excluding hydrogens is 609 g/mol. The number of benzene rings is 9. The fourth-order valence-electron chi connectivity index (χ4n) is 7.78. The zero-order valence-corrected chi connectivity index (χ0v) is 27.5. The highest BCUT2D eigenvalue weighted by Gasteiger charge is 2.21. The molecule has 0 atom stereocenters. The summed E-state index contributed by atoms with van der Waals surface area (Å²) >= 11 is 1.89. The van der Waals surface area contributed by atoms with Gasteiger partial charge >= 0.3 is 0 Å². The van der Waals surface area contributed by atoms with Gasteiger partial charge in [0.25, 0.3) is 0 Å². The third kappa shape index (κ3) is 4.58. The maximum atomic E-state index is 2.45. The first kappa shape index (κ1) is 28.0. The van der Waals surface area contributed by atoms with Gasteiger partial charge in [-0.1, -0.05) is 158 Å². The zero-order chi connectivity index (χ0) is 32.3. The van der Waals surface area contributed by atoms with E-state index in [1.54, 1.807) is 0 Å². The smallest absolute Gasteiger partial charge is 0.0367 e. The lowest BCUT2D eigenvalue weighted by Crippen LogP contribution is -1.92. The highest BCUT2D eigenvalue weighted by molar-refractivity contribution is 7.26. The quantitative estimate of drug-likeness (QED) is 0.168. The van der Waals surface area contributed by atoms with Crippen LogP contribution < -0.4 is 0 Å². The van der Waals surface area contributed by atoms with Crippen LogP contribution in [0.4, 0.5) is 0 Å². The van der Waals surface area contributed by atoms with Crippen molar-refractivity contribution in [2.75, 3.05) is 0 Å². The van der Waals surface area contributed by atoms with Crippen LogP contribution in [-0.2, 0) is 0 Å². The molecule has 0 saturated carbocycles. The molecule has 0 nitrogen and oxygen atoms in total. The summed E-state index contributed by atoms with van der Waals surface area (Å²) in [5.41, 5.74) is 10.0. The minimum absolute atomic E-state index is 1.23. The van der Waals surface area contributed by atoms with Crippen LogP contribution in [0.3, 0.4) is 0 Å². The van der Waals surface area contributed by atoms with Crippen molar-refractivity contribution in [3.63, 3.8) is 0 Å². The van der Waals surface area contributed by atoms with Crippen LogP contribution in [0.25, 0.3) is 97.0 Å². The summed E-state index contributed by atoms with van der Waals surface area (Å²) in [6.45, 7) is 0. The Morgan fingerprint density at radius 2 is 0.816 bits per heavy atom. The number of fused-ring (bicyclic) bond motifs is 6. The van der Waals surface area contributed by atoms with Crippen molar-refractivity contribution in [3.8, 4) is 44.5 Å². The zero-order valence-electron chi connectivity index (χ0n) is 26.7. The molecule has 0 bridgehead atoms. The van der Waals surface area contributed by atoms with E-state index in [1.165, 1.54) is 97.0 Å². The molecule has 1 aromatic heterocycles. The van der Waals surface area contributed by atoms with Crippen molar-refractivity contribution in [2.24, 2.45) is 0 Å². The van der Waals surface area contributed by atoms with Crippen LogP contribution in [0.2, 0.25) is 0 Å². The molecule has 0 aliphatic rings. The molecule has 10 aromatic rings. The summed E-state index contributed by atoms with van der Waals surface area (Å²) in [6.07, 6.45) is 0. The van der Waals surface area contributed by atoms with Crippen LogP contribution in [0, 0.1) is 0 Å². The van der Waals surface area contributed by atoms with Crippen molar-refractivity contribution in [3.05, 3.63) is 182 Å². The van der Waals surface area contributed by atoms with Crippen LogP contribution in [0.1, 0.15) is 0 Å². The Kier molecular flexibility index (Phi) is 6.47. The summed E-state index contributed by atoms with van der Waals surface area (Å²) < 4.78 is 2.63. The van der Waals surface area contributed by atoms with Gasteiger partial charge in [-0.25, -0.2) is 0 Å². The topological polar surface area (TPSA) is 0 Å². The van der Waals surface area contributed by atoms with E-state index in [0.717, 1.165) is 0 Å². The van der Waals surface area contributed by atoms with E-state index in [-0.39, 0.29) is 0 Å². The lowest BCUT2D eigenvalue weighted by molar-refractivity contribution is 1.61. The van der Waals surface area contributed by atoms with Crippen LogP contribution >= 0.6 is 11.3 Å². The minimum Gasteiger partial charge on any atom is -0.135 e. The minimum atomic E-state index is 1.23. The first-order chi connectivity index (χ1) is 24.3. The second-order valence-corrected chi connectivity index (χ2v) is 13.9. The standard InChI is InChI=1S/C48H30S/c1-2-12-31(13-3-1)33-22-25-34(26-23-33)46-38-16-6-8-18-40(38)47(41-19-9-7-17-39(41)46)43-29-37(36-27-24-32-14-4-5-15-35(32)28-36)30-45-48(43)42-20-10-11-21-44(42)49-45/h1-30H. The predicted molar refractivity (Wildman–Crippen MR) is 214 cm³/mol. The molecule has 0 spiro atoms. The highest BCUT2D eigenvalue weighted by atomic mass is 32.1. The molecule has 0 N–H and O–H groups in total. The molecule has 0 saturated heterocycles. The van der Waals surface area contributed by atoms with E-state index in [4.69, 9.17) is 0 Å². The summed E-state index contributed by atoms with van der Waals surface area (Å²) in [7, 11) is 0. The molecule has 1 heteroatoms. The average molecular weight is 639 g/mol. The van der Waals surface area contributed by atoms with Crippen molar-refractivity contribution >= 4 is 63.8 Å². The molecule has 0 unspecified atom stereocenters. The molecule has 228 valence electrons. The Labute approximate surface area is 289 Å². The maximum absolute atomic E-state index is 2.45. The van der Waals surface area contributed by atoms with Crippen molar-refractivity contribution in [1.29, 1.82) is 0 Å². The molecule has 49 heavy (non-hydrogen) atoms. The fraction of sp³-hybridized carbons (Fsp3) is 0. The van der Waals surface area contributed by atoms with E-state index in [0.29, 0.717) is 0 Å². The van der Waals surface area contributed by atoms with Gasteiger partial charge in [0, 0.05) is 20.2 Å². The Bertz CT molecular complexity index is 2800. The second-order valence-electron chi connectivity index (χ2n) is 12.8. The summed E-state index contributed by atoms with van der Waals surface area (Å²) in [5, 5.41) is 10.3. The maximum Gasteiger partial charge on any atom is 0.0367 e. The number of hydrogen-bond acceptors (Lipinski definition) is 1. The molecule has 9 aromatic carbocycles. The largest absolute Gasteiger partial charge is 0.135 e. The normalized spacial score (nSPS) is 11.7. The van der Waals surface area contributed by atoms with Crippen LogP contribution in [-0.4, -0.2) is 0 Å². The van der Waals surface area contributed by atoms with E-state index in [9.17, 15) is 0 Å². The van der Waals surface area contributed by atoms with Gasteiger partial charge in [-0.05, 0) is 101 Å². The van der Waals surface area contributed by atoms with Crippen LogP contribution in [0.15, 0.2) is 182 Å². The van der Waals surface area contributed by atoms with E-state index >= 15 is 0 Å². The molecular formula is C48H30S. The molecule has 0 aliphatic heterocycles. The third-order valence-electron chi connectivity index (χ3n) is 10.0. The number of rotatable bonds is 4. The fourth-order valence-corrected chi connectivity index (χ4v) is 8.95. The van der Waals surface area contributed by atoms with E-state index < -0.39 is 0 Å². The van der Waals surface area contributed by atoms with Crippen molar-refractivity contribution < 1.29 is 0 Å². The Morgan fingerprint density at radius 3 is 1.53 bits per heavy atom. The lowest BCUT2D eigenvalue weighted by Gasteiger charge is -2.19. The first-order valence-electron chi connectivity index (χ1n) is 16.8. The van der Waals surface area contributed by atoms with Gasteiger partial charge in [-0.2, -0.15) is 0 Å². The van der Waals surface area contributed by atoms with Gasteiger partial charge in [0.15, 0.2) is 0 Å². The molecule has 0 amide bonds. The van der Waals surface area contributed by atoms with Gasteiger partial charge < -0.3 is 0 Å². The average Bonchev–Trinajstić information content (AvgIpc) is 3.56. The Hall–Kier alpha value is -6.02. The van der Waals surface area contributed by atoms with Gasteiger partial charge in [0.1, 0.15) is 0 Å². The molecule has 0 radical (unpaired) electrons. The van der Waals surface area contributed by atoms with Gasteiger partial charge in [-0.3, -0.25) is 0 Å². The van der Waals surface area contributed by atoms with E-state index in [2.05, 4.69) is 182 Å². The van der Waals surface area contributed by atoms with Crippen molar-refractivity contribution in [2.45, 2.75) is 0 Å². The van der Waals surface area contributed by atoms with Crippen molar-refractivity contribution in [1.82, 2.24) is 0 Å². The molecule has 10 rings (SSSR count). The molecule has 1 heterocycles. The first-order valence-corrected chi connectivity index (χ1v) is 17.7. The predicted octanol–water partition coefficient (Wildman–Crippen LogP) is 14.2. The molecule has 0 fully saturated rings. The second kappa shape index (κ2) is 11.3. The SMILES string of the molecule is c1ccc(-c2ccc(-c3c4ccccc4c(-c4cc(-c5ccc6ccccc6c5)cc5sc6ccccc6c45)c4ccccc34)cc2)cc1. The molecule has 0 aliphatic carbocycles. The van der Waals surface area contributed by atoms with Gasteiger partial charge in [-0.15, -0.1) is 11.3 Å². The Balaban J connectivity index is 1.28. The number of thiophene rings is 1.